The van der Waals surface area contributed by atoms with Crippen molar-refractivity contribution in [2.24, 2.45) is 0 Å². The van der Waals surface area contributed by atoms with Gasteiger partial charge in [-0.05, 0) is 36.6 Å². The molecular formula is C20H18O7. The Morgan fingerprint density at radius 1 is 1.07 bits per heavy atom. The van der Waals surface area contributed by atoms with E-state index >= 15 is 0 Å². The van der Waals surface area contributed by atoms with Crippen LogP contribution in [0.1, 0.15) is 27.9 Å². The van der Waals surface area contributed by atoms with Crippen LogP contribution in [-0.4, -0.2) is 37.0 Å². The van der Waals surface area contributed by atoms with E-state index < -0.39 is 0 Å². The number of benzene rings is 2. The minimum atomic E-state index is -0.305. The van der Waals surface area contributed by atoms with Gasteiger partial charge in [-0.15, -0.1) is 0 Å². The second kappa shape index (κ2) is 6.42. The molecular weight excluding hydrogens is 352 g/mol. The molecule has 1 heterocycles. The third-order valence-electron chi connectivity index (χ3n) is 4.76. The van der Waals surface area contributed by atoms with E-state index in [1.165, 1.54) is 20.3 Å². The first-order valence-corrected chi connectivity index (χ1v) is 8.38. The van der Waals surface area contributed by atoms with E-state index in [1.54, 1.807) is 18.2 Å². The normalized spacial score (nSPS) is 16.4. The summed E-state index contributed by atoms with van der Waals surface area (Å²) in [6.07, 6.45) is 2.66. The summed E-state index contributed by atoms with van der Waals surface area (Å²) in [5.74, 6) is 0.684. The number of allylic oxidation sites excluding steroid dienone is 1. The quantitative estimate of drug-likeness (QED) is 0.802. The molecule has 0 saturated carbocycles. The van der Waals surface area contributed by atoms with E-state index in [1.807, 2.05) is 0 Å². The van der Waals surface area contributed by atoms with Crippen LogP contribution < -0.4 is 18.9 Å². The Labute approximate surface area is 155 Å². The van der Waals surface area contributed by atoms with Gasteiger partial charge in [0.05, 0.1) is 19.8 Å². The molecule has 0 spiro atoms. The summed E-state index contributed by atoms with van der Waals surface area (Å²) < 4.78 is 21.1. The monoisotopic (exact) mass is 370 g/mol. The highest BCUT2D eigenvalue weighted by Gasteiger charge is 2.36. The van der Waals surface area contributed by atoms with Gasteiger partial charge < -0.3 is 29.2 Å². The Morgan fingerprint density at radius 2 is 1.85 bits per heavy atom. The van der Waals surface area contributed by atoms with Gasteiger partial charge in [0, 0.05) is 11.1 Å². The standard InChI is InChI=1S/C20H18O7/c1-24-14-6-3-10(8-13(14)21)7-11-4-5-12-15(16(11)22)17(23)19-20(18(12)25-2)27-9-26-19/h3,6-8,21,23H,4-5,9H2,1-2H3/b11-7+. The Kier molecular flexibility index (Phi) is 4.07. The van der Waals surface area contributed by atoms with Crippen molar-refractivity contribution in [2.45, 2.75) is 12.8 Å². The zero-order chi connectivity index (χ0) is 19.1. The molecule has 1 aliphatic carbocycles. The number of Topliss-reactive ketones (excluding diaryl/α,β-unsaturated/α-hetero) is 1. The van der Waals surface area contributed by atoms with Gasteiger partial charge in [0.25, 0.3) is 0 Å². The van der Waals surface area contributed by atoms with Crippen molar-refractivity contribution in [1.29, 1.82) is 0 Å². The number of fused-ring (bicyclic) bond motifs is 2. The Balaban J connectivity index is 1.79. The number of phenolic OH excluding ortho intramolecular Hbond substituents is 2. The van der Waals surface area contributed by atoms with Gasteiger partial charge in [-0.2, -0.15) is 0 Å². The Bertz CT molecular complexity index is 975. The van der Waals surface area contributed by atoms with E-state index in [9.17, 15) is 15.0 Å². The molecule has 2 aliphatic rings. The van der Waals surface area contributed by atoms with Gasteiger partial charge in [0.15, 0.2) is 28.8 Å². The highest BCUT2D eigenvalue weighted by Crippen LogP contribution is 2.53. The van der Waals surface area contributed by atoms with Gasteiger partial charge in [0.2, 0.25) is 18.3 Å². The molecule has 7 heteroatoms. The molecule has 0 fully saturated rings. The largest absolute Gasteiger partial charge is 0.504 e. The van der Waals surface area contributed by atoms with E-state index in [4.69, 9.17) is 18.9 Å². The number of aromatic hydroxyl groups is 2. The number of rotatable bonds is 3. The first-order valence-electron chi connectivity index (χ1n) is 8.38. The number of ketones is 1. The lowest BCUT2D eigenvalue weighted by Crippen LogP contribution is -2.16. The van der Waals surface area contributed by atoms with E-state index in [0.717, 1.165) is 0 Å². The summed E-state index contributed by atoms with van der Waals surface area (Å²) in [6.45, 7) is -0.0375. The molecule has 140 valence electrons. The van der Waals surface area contributed by atoms with E-state index in [2.05, 4.69) is 0 Å². The molecule has 0 amide bonds. The minimum absolute atomic E-state index is 0.0107. The van der Waals surface area contributed by atoms with Crippen LogP contribution in [0.5, 0.6) is 34.5 Å². The highest BCUT2D eigenvalue weighted by atomic mass is 16.7. The van der Waals surface area contributed by atoms with Gasteiger partial charge in [-0.1, -0.05) is 6.07 Å². The summed E-state index contributed by atoms with van der Waals surface area (Å²) >= 11 is 0. The van der Waals surface area contributed by atoms with Crippen LogP contribution in [-0.2, 0) is 6.42 Å². The van der Waals surface area contributed by atoms with Crippen LogP contribution in [0.4, 0.5) is 0 Å². The fraction of sp³-hybridized carbons (Fsp3) is 0.250. The zero-order valence-electron chi connectivity index (χ0n) is 14.9. The summed E-state index contributed by atoms with van der Waals surface area (Å²) in [5.41, 5.74) is 1.96. The SMILES string of the molecule is COc1ccc(/C=C2\CCc3c(OC)c4c(c(O)c3C2=O)OCO4)cc1O. The third-order valence-corrected chi connectivity index (χ3v) is 4.76. The van der Waals surface area contributed by atoms with Gasteiger partial charge in [-0.25, -0.2) is 0 Å². The van der Waals surface area contributed by atoms with Crippen molar-refractivity contribution >= 4 is 11.9 Å². The van der Waals surface area contributed by atoms with Crippen LogP contribution in [0.2, 0.25) is 0 Å². The second-order valence-corrected chi connectivity index (χ2v) is 6.23. The Morgan fingerprint density at radius 3 is 2.56 bits per heavy atom. The second-order valence-electron chi connectivity index (χ2n) is 6.23. The summed E-state index contributed by atoms with van der Waals surface area (Å²) in [6, 6.07) is 4.89. The average molecular weight is 370 g/mol. The molecule has 2 aromatic rings. The van der Waals surface area contributed by atoms with Gasteiger partial charge >= 0.3 is 0 Å². The third kappa shape index (κ3) is 2.63. The van der Waals surface area contributed by atoms with E-state index in [-0.39, 0.29) is 35.4 Å². The molecule has 0 bridgehead atoms. The molecule has 0 aromatic heterocycles. The number of phenols is 2. The molecule has 1 aliphatic heterocycles. The summed E-state index contributed by atoms with van der Waals surface area (Å²) in [7, 11) is 2.96. The van der Waals surface area contributed by atoms with Crippen LogP contribution in [0.3, 0.4) is 0 Å². The maximum Gasteiger partial charge on any atom is 0.231 e. The molecule has 7 nitrogen and oxygen atoms in total. The fourth-order valence-corrected chi connectivity index (χ4v) is 3.50. The van der Waals surface area contributed by atoms with Crippen molar-refractivity contribution < 1.29 is 34.0 Å². The molecule has 0 atom stereocenters. The van der Waals surface area contributed by atoms with Gasteiger partial charge in [-0.3, -0.25) is 4.79 Å². The van der Waals surface area contributed by atoms with Gasteiger partial charge in [0.1, 0.15) is 0 Å². The van der Waals surface area contributed by atoms with Crippen molar-refractivity contribution in [3.05, 3.63) is 40.5 Å². The molecule has 2 N–H and O–H groups in total. The lowest BCUT2D eigenvalue weighted by atomic mass is 9.84. The number of ether oxygens (including phenoxy) is 4. The maximum absolute atomic E-state index is 13.1. The van der Waals surface area contributed by atoms with Crippen molar-refractivity contribution in [3.8, 4) is 34.5 Å². The predicted octanol–water partition coefficient (Wildman–Crippen LogP) is 3.06. The van der Waals surface area contributed by atoms with Crippen molar-refractivity contribution in [2.75, 3.05) is 21.0 Å². The zero-order valence-corrected chi connectivity index (χ0v) is 14.9. The molecule has 27 heavy (non-hydrogen) atoms. The Hall–Kier alpha value is -3.35. The molecule has 2 aromatic carbocycles. The predicted molar refractivity (Wildman–Crippen MR) is 96.1 cm³/mol. The van der Waals surface area contributed by atoms with Crippen LogP contribution in [0.15, 0.2) is 23.8 Å². The van der Waals surface area contributed by atoms with E-state index in [0.29, 0.717) is 46.8 Å². The lowest BCUT2D eigenvalue weighted by Gasteiger charge is -2.22. The average Bonchev–Trinajstić information content (AvgIpc) is 3.14. The number of methoxy groups -OCH3 is 2. The van der Waals surface area contributed by atoms with Crippen molar-refractivity contribution in [1.82, 2.24) is 0 Å². The lowest BCUT2D eigenvalue weighted by molar-refractivity contribution is 0.102. The number of hydrogen-bond acceptors (Lipinski definition) is 7. The first kappa shape index (κ1) is 17.1. The fourth-order valence-electron chi connectivity index (χ4n) is 3.50. The van der Waals surface area contributed by atoms with Crippen LogP contribution >= 0.6 is 0 Å². The maximum atomic E-state index is 13.1. The highest BCUT2D eigenvalue weighted by molar-refractivity contribution is 6.16. The smallest absolute Gasteiger partial charge is 0.231 e. The first-order chi connectivity index (χ1) is 13.0. The minimum Gasteiger partial charge on any atom is -0.504 e. The summed E-state index contributed by atoms with van der Waals surface area (Å²) in [4.78, 5) is 13.1. The molecule has 4 rings (SSSR count). The topological polar surface area (TPSA) is 94.5 Å². The number of carbonyl (C=O) groups excluding carboxylic acids is 1. The molecule has 0 radical (unpaired) electrons. The van der Waals surface area contributed by atoms with Crippen LogP contribution in [0, 0.1) is 0 Å². The summed E-state index contributed by atoms with van der Waals surface area (Å²) in [5, 5.41) is 20.5. The van der Waals surface area contributed by atoms with Crippen molar-refractivity contribution in [3.63, 3.8) is 0 Å². The molecule has 0 unspecified atom stereocenters. The molecule has 0 saturated heterocycles. The van der Waals surface area contributed by atoms with Crippen LogP contribution in [0.25, 0.3) is 6.08 Å². The number of hydrogen-bond donors (Lipinski definition) is 2. The number of carbonyl (C=O) groups is 1.